The van der Waals surface area contributed by atoms with Gasteiger partial charge in [-0.2, -0.15) is 16.9 Å². The Morgan fingerprint density at radius 3 is 2.67 bits per heavy atom. The molecule has 1 aliphatic rings. The molecule has 1 unspecified atom stereocenters. The highest BCUT2D eigenvalue weighted by atomic mass is 35.5. The number of aryl methyl sites for hydroxylation is 2. The number of halogens is 1. The predicted molar refractivity (Wildman–Crippen MR) is 93.5 cm³/mol. The Bertz CT molecular complexity index is 441. The Kier molecular flexibility index (Phi) is 6.90. The highest BCUT2D eigenvalue weighted by molar-refractivity contribution is 7.99. The molecule has 120 valence electrons. The molecule has 1 fully saturated rings. The third-order valence-electron chi connectivity index (χ3n) is 4.50. The summed E-state index contributed by atoms with van der Waals surface area (Å²) in [7, 11) is 2.07. The summed E-state index contributed by atoms with van der Waals surface area (Å²) >= 11 is 8.63. The maximum absolute atomic E-state index is 6.54. The Balaban J connectivity index is 2.05. The van der Waals surface area contributed by atoms with E-state index in [0.717, 1.165) is 36.0 Å². The summed E-state index contributed by atoms with van der Waals surface area (Å²) in [5, 5.41) is 9.02. The van der Waals surface area contributed by atoms with Crippen molar-refractivity contribution in [1.29, 1.82) is 0 Å². The van der Waals surface area contributed by atoms with E-state index in [0.29, 0.717) is 6.04 Å². The summed E-state index contributed by atoms with van der Waals surface area (Å²) in [4.78, 5) is 0. The Morgan fingerprint density at radius 1 is 1.38 bits per heavy atom. The molecule has 5 heteroatoms. The molecular weight excluding hydrogens is 302 g/mol. The topological polar surface area (TPSA) is 29.9 Å². The predicted octanol–water partition coefficient (Wildman–Crippen LogP) is 3.78. The van der Waals surface area contributed by atoms with Gasteiger partial charge in [0.25, 0.3) is 0 Å². The van der Waals surface area contributed by atoms with Gasteiger partial charge in [-0.3, -0.25) is 4.68 Å². The smallest absolute Gasteiger partial charge is 0.0850 e. The maximum Gasteiger partial charge on any atom is 0.0850 e. The zero-order valence-corrected chi connectivity index (χ0v) is 15.1. The molecule has 0 spiro atoms. The van der Waals surface area contributed by atoms with Crippen LogP contribution in [0.1, 0.15) is 44.5 Å². The zero-order chi connectivity index (χ0) is 15.2. The molecular formula is C16H28ClN3S. The summed E-state index contributed by atoms with van der Waals surface area (Å²) in [6.07, 6.45) is 5.88. The second-order valence-electron chi connectivity index (χ2n) is 5.86. The molecule has 0 aromatic carbocycles. The lowest BCUT2D eigenvalue weighted by molar-refractivity contribution is 0.371. The Morgan fingerprint density at radius 2 is 2.10 bits per heavy atom. The molecule has 0 amide bonds. The van der Waals surface area contributed by atoms with E-state index in [9.17, 15) is 0 Å². The van der Waals surface area contributed by atoms with Crippen LogP contribution in [-0.4, -0.2) is 34.4 Å². The lowest BCUT2D eigenvalue weighted by Crippen LogP contribution is -2.32. The van der Waals surface area contributed by atoms with E-state index in [2.05, 4.69) is 47.8 Å². The van der Waals surface area contributed by atoms with Crippen LogP contribution in [0.4, 0.5) is 0 Å². The van der Waals surface area contributed by atoms with Crippen molar-refractivity contribution in [2.45, 2.75) is 58.5 Å². The van der Waals surface area contributed by atoms with Crippen molar-refractivity contribution < 1.29 is 0 Å². The monoisotopic (exact) mass is 329 g/mol. The standard InChI is InChI=1S/C16H28ClN3S/c1-4-14-16(17)15(20(5-2)19-14)11-13(18-3)10-12-6-8-21-9-7-12/h12-13,18H,4-11H2,1-3H3. The molecule has 0 saturated carbocycles. The first kappa shape index (κ1) is 17.2. The number of rotatable bonds is 7. The van der Waals surface area contributed by atoms with Gasteiger partial charge in [0.1, 0.15) is 0 Å². The van der Waals surface area contributed by atoms with Gasteiger partial charge in [0.15, 0.2) is 0 Å². The van der Waals surface area contributed by atoms with E-state index in [4.69, 9.17) is 11.6 Å². The summed E-state index contributed by atoms with van der Waals surface area (Å²) in [5.41, 5.74) is 2.25. The molecule has 2 rings (SSSR count). The third kappa shape index (κ3) is 4.40. The summed E-state index contributed by atoms with van der Waals surface area (Å²) in [6, 6.07) is 0.502. The van der Waals surface area contributed by atoms with Crippen molar-refractivity contribution >= 4 is 23.4 Å². The van der Waals surface area contributed by atoms with Crippen molar-refractivity contribution in [3.05, 3.63) is 16.4 Å². The van der Waals surface area contributed by atoms with Gasteiger partial charge in [-0.25, -0.2) is 0 Å². The van der Waals surface area contributed by atoms with E-state index < -0.39 is 0 Å². The second kappa shape index (κ2) is 8.44. The van der Waals surface area contributed by atoms with Crippen molar-refractivity contribution in [1.82, 2.24) is 15.1 Å². The first-order valence-electron chi connectivity index (χ1n) is 8.18. The maximum atomic E-state index is 6.54. The van der Waals surface area contributed by atoms with Crippen LogP contribution in [-0.2, 0) is 19.4 Å². The SMILES string of the molecule is CCc1nn(CC)c(CC(CC2CCSCC2)NC)c1Cl. The number of aromatic nitrogens is 2. The van der Waals surface area contributed by atoms with Crippen molar-refractivity contribution in [2.24, 2.45) is 5.92 Å². The number of nitrogens with zero attached hydrogens (tertiary/aromatic N) is 2. The van der Waals surface area contributed by atoms with Crippen LogP contribution in [0.5, 0.6) is 0 Å². The first-order chi connectivity index (χ1) is 10.2. The fourth-order valence-corrected chi connectivity index (χ4v) is 4.68. The molecule has 1 aromatic rings. The Labute approximate surface area is 138 Å². The molecule has 0 radical (unpaired) electrons. The largest absolute Gasteiger partial charge is 0.317 e. The second-order valence-corrected chi connectivity index (χ2v) is 7.46. The minimum atomic E-state index is 0.502. The van der Waals surface area contributed by atoms with Crippen molar-refractivity contribution in [2.75, 3.05) is 18.6 Å². The normalized spacial score (nSPS) is 18.1. The van der Waals surface area contributed by atoms with Crippen LogP contribution in [0.25, 0.3) is 0 Å². The number of hydrogen-bond donors (Lipinski definition) is 1. The van der Waals surface area contributed by atoms with E-state index >= 15 is 0 Å². The molecule has 3 nitrogen and oxygen atoms in total. The van der Waals surface area contributed by atoms with E-state index in [-0.39, 0.29) is 0 Å². The van der Waals surface area contributed by atoms with Gasteiger partial charge in [0.05, 0.1) is 16.4 Å². The van der Waals surface area contributed by atoms with Gasteiger partial charge in [0, 0.05) is 19.0 Å². The molecule has 1 atom stereocenters. The van der Waals surface area contributed by atoms with Gasteiger partial charge in [-0.05, 0) is 57.1 Å². The minimum Gasteiger partial charge on any atom is -0.317 e. The lowest BCUT2D eigenvalue weighted by Gasteiger charge is -2.26. The average molecular weight is 330 g/mol. The van der Waals surface area contributed by atoms with Crippen molar-refractivity contribution in [3.63, 3.8) is 0 Å². The summed E-state index contributed by atoms with van der Waals surface area (Å²) < 4.78 is 2.09. The summed E-state index contributed by atoms with van der Waals surface area (Å²) in [5.74, 6) is 3.52. The fraction of sp³-hybridized carbons (Fsp3) is 0.812. The van der Waals surface area contributed by atoms with Gasteiger partial charge in [0.2, 0.25) is 0 Å². The third-order valence-corrected chi connectivity index (χ3v) is 5.99. The van der Waals surface area contributed by atoms with Crippen molar-refractivity contribution in [3.8, 4) is 0 Å². The zero-order valence-electron chi connectivity index (χ0n) is 13.5. The first-order valence-corrected chi connectivity index (χ1v) is 9.71. The fourth-order valence-electron chi connectivity index (χ4n) is 3.13. The van der Waals surface area contributed by atoms with Crippen LogP contribution in [0.2, 0.25) is 5.02 Å². The van der Waals surface area contributed by atoms with Gasteiger partial charge in [-0.1, -0.05) is 18.5 Å². The van der Waals surface area contributed by atoms with E-state index in [1.807, 2.05) is 0 Å². The number of nitrogens with one attached hydrogen (secondary N) is 1. The average Bonchev–Trinajstić information content (AvgIpc) is 2.83. The molecule has 1 aliphatic heterocycles. The Hall–Kier alpha value is -0.190. The number of hydrogen-bond acceptors (Lipinski definition) is 3. The minimum absolute atomic E-state index is 0.502. The highest BCUT2D eigenvalue weighted by Crippen LogP contribution is 2.29. The van der Waals surface area contributed by atoms with Crippen LogP contribution in [0.15, 0.2) is 0 Å². The molecule has 0 aliphatic carbocycles. The van der Waals surface area contributed by atoms with E-state index in [1.54, 1.807) is 0 Å². The quantitative estimate of drug-likeness (QED) is 0.825. The van der Waals surface area contributed by atoms with Gasteiger partial charge < -0.3 is 5.32 Å². The van der Waals surface area contributed by atoms with Crippen LogP contribution < -0.4 is 5.32 Å². The molecule has 1 saturated heterocycles. The molecule has 2 heterocycles. The summed E-state index contributed by atoms with van der Waals surface area (Å²) in [6.45, 7) is 5.15. The molecule has 1 N–H and O–H groups in total. The highest BCUT2D eigenvalue weighted by Gasteiger charge is 2.22. The van der Waals surface area contributed by atoms with Crippen LogP contribution in [0, 0.1) is 5.92 Å². The number of likely N-dealkylation sites (N-methyl/N-ethyl adjacent to an activating group) is 1. The number of thioether (sulfide) groups is 1. The van der Waals surface area contributed by atoms with E-state index in [1.165, 1.54) is 36.5 Å². The van der Waals surface area contributed by atoms with Gasteiger partial charge >= 0.3 is 0 Å². The molecule has 1 aromatic heterocycles. The van der Waals surface area contributed by atoms with Crippen LogP contribution >= 0.6 is 23.4 Å². The van der Waals surface area contributed by atoms with Crippen LogP contribution in [0.3, 0.4) is 0 Å². The molecule has 0 bridgehead atoms. The van der Waals surface area contributed by atoms with Gasteiger partial charge in [-0.15, -0.1) is 0 Å². The lowest BCUT2D eigenvalue weighted by atomic mass is 9.92. The molecule has 21 heavy (non-hydrogen) atoms.